The summed E-state index contributed by atoms with van der Waals surface area (Å²) in [6.07, 6.45) is 6.12. The van der Waals surface area contributed by atoms with E-state index in [0.717, 1.165) is 30.5 Å². The van der Waals surface area contributed by atoms with E-state index in [2.05, 4.69) is 12.7 Å². The average Bonchev–Trinajstić information content (AvgIpc) is 3.04. The molecule has 2 aliphatic rings. The molecule has 5 heteroatoms. The van der Waals surface area contributed by atoms with Crippen LogP contribution >= 0.6 is 0 Å². The van der Waals surface area contributed by atoms with Crippen LogP contribution in [0.2, 0.25) is 0 Å². The van der Waals surface area contributed by atoms with Gasteiger partial charge >= 0.3 is 6.09 Å². The van der Waals surface area contributed by atoms with Gasteiger partial charge < -0.3 is 9.64 Å². The van der Waals surface area contributed by atoms with Crippen LogP contribution in [0.1, 0.15) is 31.7 Å². The van der Waals surface area contributed by atoms with E-state index in [1.165, 1.54) is 4.90 Å². The molecule has 2 aliphatic heterocycles. The van der Waals surface area contributed by atoms with Crippen molar-refractivity contribution in [1.82, 2.24) is 9.80 Å². The lowest BCUT2D eigenvalue weighted by molar-refractivity contribution is -0.138. The Morgan fingerprint density at radius 2 is 2.12 bits per heavy atom. The summed E-state index contributed by atoms with van der Waals surface area (Å²) in [7, 11) is 0. The maximum Gasteiger partial charge on any atom is 0.411 e. The summed E-state index contributed by atoms with van der Waals surface area (Å²) in [6.45, 7) is 6.15. The topological polar surface area (TPSA) is 49.9 Å². The van der Waals surface area contributed by atoms with Crippen molar-refractivity contribution in [2.45, 2.75) is 44.9 Å². The number of allylic oxidation sites excluding steroid dienone is 1. The van der Waals surface area contributed by atoms with E-state index in [4.69, 9.17) is 4.74 Å². The second kappa shape index (κ2) is 7.55. The Labute approximate surface area is 148 Å². The van der Waals surface area contributed by atoms with Crippen LogP contribution in [-0.2, 0) is 16.1 Å². The molecule has 1 aromatic rings. The predicted octanol–water partition coefficient (Wildman–Crippen LogP) is 3.48. The van der Waals surface area contributed by atoms with Crippen LogP contribution in [0.25, 0.3) is 0 Å². The van der Waals surface area contributed by atoms with E-state index in [0.29, 0.717) is 6.54 Å². The first-order valence-electron chi connectivity index (χ1n) is 8.72. The van der Waals surface area contributed by atoms with Gasteiger partial charge in [0, 0.05) is 11.7 Å². The molecular weight excluding hydrogens is 316 g/mol. The van der Waals surface area contributed by atoms with Crippen LogP contribution in [0, 0.1) is 0 Å². The molecule has 0 saturated carbocycles. The van der Waals surface area contributed by atoms with E-state index >= 15 is 0 Å². The van der Waals surface area contributed by atoms with Gasteiger partial charge in [0.25, 0.3) is 0 Å². The van der Waals surface area contributed by atoms with Gasteiger partial charge in [-0.25, -0.2) is 4.79 Å². The zero-order chi connectivity index (χ0) is 17.8. The highest BCUT2D eigenvalue weighted by Crippen LogP contribution is 2.31. The minimum Gasteiger partial charge on any atom is -0.445 e. The number of hydrogen-bond acceptors (Lipinski definition) is 3. The van der Waals surface area contributed by atoms with Gasteiger partial charge in [0.15, 0.2) is 0 Å². The lowest BCUT2D eigenvalue weighted by atomic mass is 10.1. The first kappa shape index (κ1) is 17.3. The molecular formula is C20H24N2O3. The summed E-state index contributed by atoms with van der Waals surface area (Å²) in [6, 6.07) is 9.21. The Balaban J connectivity index is 1.63. The van der Waals surface area contributed by atoms with Gasteiger partial charge in [-0.05, 0) is 31.7 Å². The highest BCUT2D eigenvalue weighted by molar-refractivity contribution is 5.89. The molecule has 0 radical (unpaired) electrons. The summed E-state index contributed by atoms with van der Waals surface area (Å²) in [5, 5.41) is 0. The number of amides is 2. The van der Waals surface area contributed by atoms with Gasteiger partial charge in [-0.1, -0.05) is 42.5 Å². The highest BCUT2D eigenvalue weighted by Gasteiger charge is 2.42. The Kier molecular flexibility index (Phi) is 5.22. The van der Waals surface area contributed by atoms with Crippen LogP contribution in [0.4, 0.5) is 4.79 Å². The van der Waals surface area contributed by atoms with Gasteiger partial charge in [0.05, 0.1) is 6.54 Å². The SMILES string of the molecule is C=CCC[C@H]1CC=C2CN(C(=O)OCc3ccccc3)[C@@H](C)C(=O)N21. The molecule has 0 N–H and O–H groups in total. The molecule has 132 valence electrons. The number of rotatable bonds is 5. The normalized spacial score (nSPS) is 22.4. The maximum atomic E-state index is 12.8. The van der Waals surface area contributed by atoms with Crippen LogP contribution in [0.15, 0.2) is 54.8 Å². The quantitative estimate of drug-likeness (QED) is 0.771. The van der Waals surface area contributed by atoms with E-state index < -0.39 is 12.1 Å². The number of nitrogens with zero attached hydrogens (tertiary/aromatic N) is 2. The van der Waals surface area contributed by atoms with E-state index in [9.17, 15) is 9.59 Å². The summed E-state index contributed by atoms with van der Waals surface area (Å²) in [5.41, 5.74) is 1.84. The summed E-state index contributed by atoms with van der Waals surface area (Å²) in [5.74, 6) is -0.0271. The van der Waals surface area contributed by atoms with Crippen molar-refractivity contribution in [3.05, 3.63) is 60.3 Å². The van der Waals surface area contributed by atoms with Crippen LogP contribution in [0.5, 0.6) is 0 Å². The average molecular weight is 340 g/mol. The standard InChI is InChI=1S/C20H24N2O3/c1-3-4-10-17-11-12-18-13-21(15(2)19(23)22(17)18)20(24)25-14-16-8-6-5-7-9-16/h3,5-9,12,15,17H,1,4,10-11,13-14H2,2H3/t15-,17-/m0/s1. The largest absolute Gasteiger partial charge is 0.445 e. The fourth-order valence-electron chi connectivity index (χ4n) is 3.40. The molecule has 25 heavy (non-hydrogen) atoms. The van der Waals surface area contributed by atoms with Crippen molar-refractivity contribution in [2.24, 2.45) is 0 Å². The Morgan fingerprint density at radius 1 is 1.36 bits per heavy atom. The summed E-state index contributed by atoms with van der Waals surface area (Å²) >= 11 is 0. The van der Waals surface area contributed by atoms with Crippen molar-refractivity contribution in [1.29, 1.82) is 0 Å². The third-order valence-electron chi connectivity index (χ3n) is 4.84. The molecule has 1 saturated heterocycles. The minimum absolute atomic E-state index is 0.0271. The second-order valence-corrected chi connectivity index (χ2v) is 6.50. The molecule has 0 spiro atoms. The minimum atomic E-state index is -0.509. The molecule has 2 amide bonds. The number of benzene rings is 1. The van der Waals surface area contributed by atoms with Crippen LogP contribution < -0.4 is 0 Å². The fourth-order valence-corrected chi connectivity index (χ4v) is 3.40. The Morgan fingerprint density at radius 3 is 2.84 bits per heavy atom. The van der Waals surface area contributed by atoms with Crippen LogP contribution in [0.3, 0.4) is 0 Å². The van der Waals surface area contributed by atoms with Gasteiger partial charge in [-0.3, -0.25) is 9.69 Å². The number of fused-ring (bicyclic) bond motifs is 1. The maximum absolute atomic E-state index is 12.8. The highest BCUT2D eigenvalue weighted by atomic mass is 16.6. The van der Waals surface area contributed by atoms with Crippen molar-refractivity contribution in [3.63, 3.8) is 0 Å². The van der Waals surface area contributed by atoms with Gasteiger partial charge in [0.1, 0.15) is 12.6 Å². The molecule has 0 aliphatic carbocycles. The van der Waals surface area contributed by atoms with Crippen molar-refractivity contribution < 1.29 is 14.3 Å². The number of ether oxygens (including phenoxy) is 1. The van der Waals surface area contributed by atoms with Gasteiger partial charge in [0.2, 0.25) is 5.91 Å². The fraction of sp³-hybridized carbons (Fsp3) is 0.400. The molecule has 1 aromatic carbocycles. The van der Waals surface area contributed by atoms with Crippen molar-refractivity contribution in [3.8, 4) is 0 Å². The van der Waals surface area contributed by atoms with Gasteiger partial charge in [-0.15, -0.1) is 6.58 Å². The molecule has 0 aromatic heterocycles. The number of carbonyl (C=O) groups is 2. The number of carbonyl (C=O) groups excluding carboxylic acids is 2. The molecule has 1 fully saturated rings. The smallest absolute Gasteiger partial charge is 0.411 e. The molecule has 2 heterocycles. The summed E-state index contributed by atoms with van der Waals surface area (Å²) < 4.78 is 5.40. The van der Waals surface area contributed by atoms with E-state index in [-0.39, 0.29) is 18.6 Å². The Hall–Kier alpha value is -2.56. The lowest BCUT2D eigenvalue weighted by Crippen LogP contribution is -2.57. The first-order chi connectivity index (χ1) is 12.1. The van der Waals surface area contributed by atoms with Crippen molar-refractivity contribution in [2.75, 3.05) is 6.54 Å². The number of piperazine rings is 1. The Bertz CT molecular complexity index is 683. The second-order valence-electron chi connectivity index (χ2n) is 6.50. The van der Waals surface area contributed by atoms with E-state index in [1.54, 1.807) is 6.92 Å². The summed E-state index contributed by atoms with van der Waals surface area (Å²) in [4.78, 5) is 28.6. The third-order valence-corrected chi connectivity index (χ3v) is 4.84. The molecule has 2 atom stereocenters. The monoisotopic (exact) mass is 340 g/mol. The molecule has 0 bridgehead atoms. The predicted molar refractivity (Wildman–Crippen MR) is 95.6 cm³/mol. The third kappa shape index (κ3) is 3.60. The zero-order valence-electron chi connectivity index (χ0n) is 14.6. The first-order valence-corrected chi connectivity index (χ1v) is 8.72. The number of hydrogen-bond donors (Lipinski definition) is 0. The zero-order valence-corrected chi connectivity index (χ0v) is 14.6. The molecule has 0 unspecified atom stereocenters. The van der Waals surface area contributed by atoms with Gasteiger partial charge in [-0.2, -0.15) is 0 Å². The molecule has 3 rings (SSSR count). The van der Waals surface area contributed by atoms with Crippen LogP contribution in [-0.4, -0.2) is 40.4 Å². The molecule has 5 nitrogen and oxygen atoms in total. The lowest BCUT2D eigenvalue weighted by Gasteiger charge is -2.40. The van der Waals surface area contributed by atoms with Crippen molar-refractivity contribution >= 4 is 12.0 Å². The van der Waals surface area contributed by atoms with E-state index in [1.807, 2.05) is 41.3 Å².